The largest absolute Gasteiger partial charge is 0.341 e. The zero-order valence-corrected chi connectivity index (χ0v) is 15.4. The van der Waals surface area contributed by atoms with Crippen molar-refractivity contribution in [2.75, 3.05) is 6.54 Å². The Hall–Kier alpha value is -2.57. The van der Waals surface area contributed by atoms with Gasteiger partial charge in [-0.05, 0) is 41.8 Å². The second-order valence-electron chi connectivity index (χ2n) is 6.35. The predicted octanol–water partition coefficient (Wildman–Crippen LogP) is 4.17. The Kier molecular flexibility index (Phi) is 3.62. The smallest absolute Gasteiger partial charge is 0.274 e. The van der Waals surface area contributed by atoms with Gasteiger partial charge in [-0.2, -0.15) is 16.4 Å². The van der Waals surface area contributed by atoms with Crippen molar-refractivity contribution < 1.29 is 4.79 Å². The van der Waals surface area contributed by atoms with Gasteiger partial charge in [0, 0.05) is 41.6 Å². The van der Waals surface area contributed by atoms with Gasteiger partial charge in [-0.3, -0.25) is 4.79 Å². The number of carbonyl (C=O) groups is 1. The van der Waals surface area contributed by atoms with Crippen LogP contribution in [0.4, 0.5) is 0 Å². The van der Waals surface area contributed by atoms with Crippen LogP contribution >= 0.6 is 22.9 Å². The monoisotopic (exact) mass is 382 g/mol. The van der Waals surface area contributed by atoms with Crippen LogP contribution in [0.3, 0.4) is 0 Å². The van der Waals surface area contributed by atoms with Gasteiger partial charge in [0.2, 0.25) is 0 Å². The number of nitrogens with zero attached hydrogens (tertiary/aromatic N) is 4. The minimum atomic E-state index is -0.0469. The van der Waals surface area contributed by atoms with Crippen molar-refractivity contribution in [1.29, 1.82) is 0 Å². The molecule has 4 aromatic rings. The number of thiophene rings is 1. The standard InChI is InChI=1S/C19H15ClN4OS/c20-14-1-2-15-9-17(21-24(15)10-14)19(25)22-6-7-23-16(11-22)3-4-18(23)13-5-8-26-12-13/h1-5,8-10,12H,6-7,11H2. The molecular weight excluding hydrogens is 368 g/mol. The van der Waals surface area contributed by atoms with Crippen LogP contribution in [0.25, 0.3) is 16.8 Å². The Labute approximate surface area is 159 Å². The van der Waals surface area contributed by atoms with Crippen LogP contribution in [0.1, 0.15) is 16.2 Å². The molecule has 1 amide bonds. The van der Waals surface area contributed by atoms with Gasteiger partial charge in [0.05, 0.1) is 17.1 Å². The van der Waals surface area contributed by atoms with E-state index in [1.807, 2.05) is 17.0 Å². The fraction of sp³-hybridized carbons (Fsp3) is 0.158. The minimum absolute atomic E-state index is 0.0469. The molecule has 0 spiro atoms. The van der Waals surface area contributed by atoms with E-state index in [0.29, 0.717) is 23.8 Å². The highest BCUT2D eigenvalue weighted by Gasteiger charge is 2.25. The number of fused-ring (bicyclic) bond motifs is 2. The maximum Gasteiger partial charge on any atom is 0.274 e. The number of rotatable bonds is 2. The Bertz CT molecular complexity index is 1110. The molecular formula is C19H15ClN4OS. The fourth-order valence-corrected chi connectivity index (χ4v) is 4.28. The fourth-order valence-electron chi connectivity index (χ4n) is 3.47. The molecule has 130 valence electrons. The number of halogens is 1. The molecule has 0 aliphatic carbocycles. The highest BCUT2D eigenvalue weighted by atomic mass is 35.5. The molecule has 0 unspecified atom stereocenters. The van der Waals surface area contributed by atoms with Crippen molar-refractivity contribution in [2.24, 2.45) is 0 Å². The van der Waals surface area contributed by atoms with Crippen molar-refractivity contribution >= 4 is 34.4 Å². The molecule has 5 nitrogen and oxygen atoms in total. The summed E-state index contributed by atoms with van der Waals surface area (Å²) in [5.41, 5.74) is 4.91. The summed E-state index contributed by atoms with van der Waals surface area (Å²) in [5.74, 6) is -0.0469. The molecule has 7 heteroatoms. The number of carbonyl (C=O) groups excluding carboxylic acids is 1. The first kappa shape index (κ1) is 15.7. The van der Waals surface area contributed by atoms with Crippen molar-refractivity contribution in [2.45, 2.75) is 13.1 Å². The molecule has 0 fully saturated rings. The molecule has 4 aromatic heterocycles. The lowest BCUT2D eigenvalue weighted by Crippen LogP contribution is -2.38. The van der Waals surface area contributed by atoms with Crippen LogP contribution < -0.4 is 0 Å². The van der Waals surface area contributed by atoms with E-state index < -0.39 is 0 Å². The van der Waals surface area contributed by atoms with Crippen molar-refractivity contribution in [3.63, 3.8) is 0 Å². The summed E-state index contributed by atoms with van der Waals surface area (Å²) in [6.45, 7) is 2.06. The van der Waals surface area contributed by atoms with Crippen molar-refractivity contribution in [3.8, 4) is 11.3 Å². The molecule has 1 aliphatic rings. The normalized spacial score (nSPS) is 14.0. The molecule has 0 saturated heterocycles. The summed E-state index contributed by atoms with van der Waals surface area (Å²) in [6.07, 6.45) is 1.71. The third-order valence-corrected chi connectivity index (χ3v) is 5.67. The van der Waals surface area contributed by atoms with Crippen LogP contribution in [0.2, 0.25) is 5.02 Å². The Morgan fingerprint density at radius 2 is 2.08 bits per heavy atom. The van der Waals surface area contributed by atoms with E-state index in [4.69, 9.17) is 11.6 Å². The predicted molar refractivity (Wildman–Crippen MR) is 103 cm³/mol. The van der Waals surface area contributed by atoms with Gasteiger partial charge in [-0.25, -0.2) is 4.52 Å². The van der Waals surface area contributed by atoms with Crippen LogP contribution in [-0.2, 0) is 13.1 Å². The molecule has 0 bridgehead atoms. The van der Waals surface area contributed by atoms with E-state index in [0.717, 1.165) is 17.8 Å². The molecule has 0 atom stereocenters. The molecule has 0 aromatic carbocycles. The molecule has 5 heterocycles. The van der Waals surface area contributed by atoms with Gasteiger partial charge in [0.25, 0.3) is 5.91 Å². The first-order chi connectivity index (χ1) is 12.7. The summed E-state index contributed by atoms with van der Waals surface area (Å²) in [6, 6.07) is 11.8. The Balaban J connectivity index is 1.42. The summed E-state index contributed by atoms with van der Waals surface area (Å²) >= 11 is 7.70. The lowest BCUT2D eigenvalue weighted by molar-refractivity contribution is 0.0705. The zero-order chi connectivity index (χ0) is 17.7. The molecule has 5 rings (SSSR count). The maximum atomic E-state index is 12.9. The first-order valence-electron chi connectivity index (χ1n) is 8.34. The minimum Gasteiger partial charge on any atom is -0.341 e. The Morgan fingerprint density at radius 3 is 2.92 bits per heavy atom. The van der Waals surface area contributed by atoms with E-state index in [1.165, 1.54) is 11.3 Å². The van der Waals surface area contributed by atoms with Gasteiger partial charge >= 0.3 is 0 Å². The van der Waals surface area contributed by atoms with Crippen LogP contribution in [0, 0.1) is 0 Å². The average Bonchev–Trinajstić information content (AvgIpc) is 3.38. The van der Waals surface area contributed by atoms with Gasteiger partial charge < -0.3 is 9.47 Å². The number of amides is 1. The zero-order valence-electron chi connectivity index (χ0n) is 13.8. The van der Waals surface area contributed by atoms with E-state index in [-0.39, 0.29) is 5.91 Å². The lowest BCUT2D eigenvalue weighted by Gasteiger charge is -2.29. The van der Waals surface area contributed by atoms with Gasteiger partial charge in [-0.15, -0.1) is 0 Å². The van der Waals surface area contributed by atoms with E-state index >= 15 is 0 Å². The Morgan fingerprint density at radius 1 is 1.15 bits per heavy atom. The number of pyridine rings is 1. The lowest BCUT2D eigenvalue weighted by atomic mass is 10.2. The summed E-state index contributed by atoms with van der Waals surface area (Å²) in [7, 11) is 0. The maximum absolute atomic E-state index is 12.9. The molecule has 0 N–H and O–H groups in total. The first-order valence-corrected chi connectivity index (χ1v) is 9.66. The highest BCUT2D eigenvalue weighted by Crippen LogP contribution is 2.28. The van der Waals surface area contributed by atoms with Crippen LogP contribution in [0.15, 0.2) is 53.4 Å². The number of hydrogen-bond donors (Lipinski definition) is 0. The van der Waals surface area contributed by atoms with E-state index in [2.05, 4.69) is 38.6 Å². The second-order valence-corrected chi connectivity index (χ2v) is 7.56. The van der Waals surface area contributed by atoms with E-state index in [9.17, 15) is 4.79 Å². The van der Waals surface area contributed by atoms with Crippen molar-refractivity contribution in [1.82, 2.24) is 19.1 Å². The molecule has 26 heavy (non-hydrogen) atoms. The third-order valence-electron chi connectivity index (χ3n) is 4.76. The van der Waals surface area contributed by atoms with Crippen molar-refractivity contribution in [3.05, 3.63) is 69.8 Å². The quantitative estimate of drug-likeness (QED) is 0.522. The van der Waals surface area contributed by atoms with E-state index in [1.54, 1.807) is 28.1 Å². The molecule has 1 aliphatic heterocycles. The SMILES string of the molecule is O=C(c1cc2ccc(Cl)cn2n1)N1CCn2c(ccc2-c2ccsc2)C1. The highest BCUT2D eigenvalue weighted by molar-refractivity contribution is 7.08. The van der Waals surface area contributed by atoms with Gasteiger partial charge in [-0.1, -0.05) is 11.6 Å². The van der Waals surface area contributed by atoms with Crippen LogP contribution in [-0.4, -0.2) is 31.5 Å². The van der Waals surface area contributed by atoms with Crippen LogP contribution in [0.5, 0.6) is 0 Å². The summed E-state index contributed by atoms with van der Waals surface area (Å²) in [4.78, 5) is 14.8. The number of aromatic nitrogens is 3. The number of hydrogen-bond acceptors (Lipinski definition) is 3. The topological polar surface area (TPSA) is 42.5 Å². The summed E-state index contributed by atoms with van der Waals surface area (Å²) in [5, 5.41) is 9.22. The average molecular weight is 383 g/mol. The molecule has 0 radical (unpaired) electrons. The third kappa shape index (κ3) is 2.53. The molecule has 0 saturated carbocycles. The summed E-state index contributed by atoms with van der Waals surface area (Å²) < 4.78 is 3.95. The van der Waals surface area contributed by atoms with Gasteiger partial charge in [0.1, 0.15) is 0 Å². The second kappa shape index (κ2) is 6.00. The van der Waals surface area contributed by atoms with Gasteiger partial charge in [0.15, 0.2) is 5.69 Å².